The largest absolute Gasteiger partial charge is 0.468 e. The van der Waals surface area contributed by atoms with E-state index < -0.39 is 14.3 Å². The van der Waals surface area contributed by atoms with Crippen LogP contribution in [-0.2, 0) is 27.1 Å². The van der Waals surface area contributed by atoms with E-state index in [4.69, 9.17) is 9.16 Å². The van der Waals surface area contributed by atoms with Gasteiger partial charge in [-0.15, -0.1) is 0 Å². The first-order chi connectivity index (χ1) is 12.0. The van der Waals surface area contributed by atoms with E-state index >= 15 is 0 Å². The Bertz CT molecular complexity index is 834. The molecule has 142 valence electrons. The molecule has 6 nitrogen and oxygen atoms in total. The Hall–Kier alpha value is -1.99. The molecule has 0 saturated heterocycles. The monoisotopic (exact) mass is 376 g/mol. The number of ketones is 1. The van der Waals surface area contributed by atoms with Crippen LogP contribution >= 0.6 is 0 Å². The summed E-state index contributed by atoms with van der Waals surface area (Å²) < 4.78 is 12.5. The number of nitrogens with zero attached hydrogens (tertiary/aromatic N) is 2. The third-order valence-corrected chi connectivity index (χ3v) is 9.54. The number of hydrogen-bond donors (Lipinski definition) is 0. The third-order valence-electron chi connectivity index (χ3n) is 5.06. The van der Waals surface area contributed by atoms with Crippen molar-refractivity contribution in [3.05, 3.63) is 29.5 Å². The zero-order valence-corrected chi connectivity index (χ0v) is 17.7. The quantitative estimate of drug-likeness (QED) is 0.434. The molecule has 0 radical (unpaired) electrons. The van der Waals surface area contributed by atoms with Gasteiger partial charge < -0.3 is 9.16 Å². The minimum atomic E-state index is -1.86. The lowest BCUT2D eigenvalue weighted by molar-refractivity contribution is -0.141. The van der Waals surface area contributed by atoms with Crippen molar-refractivity contribution in [2.24, 2.45) is 0 Å². The fourth-order valence-electron chi connectivity index (χ4n) is 2.36. The van der Waals surface area contributed by atoms with Crippen LogP contribution < -0.4 is 0 Å². The van der Waals surface area contributed by atoms with Gasteiger partial charge in [0.05, 0.1) is 19.2 Å². The van der Waals surface area contributed by atoms with Gasteiger partial charge in [-0.3, -0.25) is 14.3 Å². The summed E-state index contributed by atoms with van der Waals surface area (Å²) >= 11 is 0. The second-order valence-corrected chi connectivity index (χ2v) is 12.8. The molecular weight excluding hydrogens is 348 g/mol. The van der Waals surface area contributed by atoms with E-state index in [0.717, 1.165) is 16.5 Å². The van der Waals surface area contributed by atoms with Crippen LogP contribution in [0.15, 0.2) is 18.2 Å². The number of ether oxygens (including phenoxy) is 1. The highest BCUT2D eigenvalue weighted by molar-refractivity contribution is 6.74. The van der Waals surface area contributed by atoms with Gasteiger partial charge in [-0.1, -0.05) is 26.8 Å². The minimum Gasteiger partial charge on any atom is -0.468 e. The van der Waals surface area contributed by atoms with Gasteiger partial charge in [0.1, 0.15) is 12.2 Å². The SMILES string of the molecule is COC(=O)Cn1nc(C(C)=O)c2cc(CO[Si](C)(C)C(C)(C)C)ccc21. The smallest absolute Gasteiger partial charge is 0.327 e. The lowest BCUT2D eigenvalue weighted by Crippen LogP contribution is -2.40. The second kappa shape index (κ2) is 7.32. The van der Waals surface area contributed by atoms with Gasteiger partial charge >= 0.3 is 5.97 Å². The molecule has 0 aliphatic heterocycles. The Morgan fingerprint density at radius 3 is 2.42 bits per heavy atom. The molecule has 1 aromatic carbocycles. The van der Waals surface area contributed by atoms with Crippen molar-refractivity contribution in [1.29, 1.82) is 0 Å². The number of carbonyl (C=O) groups is 2. The number of hydrogen-bond acceptors (Lipinski definition) is 5. The minimum absolute atomic E-state index is 0.0277. The first-order valence-corrected chi connectivity index (χ1v) is 11.6. The molecule has 0 aliphatic carbocycles. The molecule has 0 N–H and O–H groups in total. The molecule has 0 atom stereocenters. The van der Waals surface area contributed by atoms with E-state index in [9.17, 15) is 9.59 Å². The normalized spacial score (nSPS) is 12.4. The van der Waals surface area contributed by atoms with Crippen LogP contribution in [0, 0.1) is 0 Å². The molecule has 7 heteroatoms. The van der Waals surface area contributed by atoms with Gasteiger partial charge in [0.15, 0.2) is 14.1 Å². The molecule has 0 fully saturated rings. The lowest BCUT2D eigenvalue weighted by atomic mass is 10.1. The number of methoxy groups -OCH3 is 1. The van der Waals surface area contributed by atoms with Gasteiger partial charge in [0.2, 0.25) is 0 Å². The summed E-state index contributed by atoms with van der Waals surface area (Å²) in [6.45, 7) is 13.0. The second-order valence-electron chi connectivity index (χ2n) is 8.04. The van der Waals surface area contributed by atoms with Crippen molar-refractivity contribution in [2.45, 2.75) is 59.0 Å². The highest BCUT2D eigenvalue weighted by atomic mass is 28.4. The molecule has 26 heavy (non-hydrogen) atoms. The van der Waals surface area contributed by atoms with E-state index in [0.29, 0.717) is 12.3 Å². The number of benzene rings is 1. The molecule has 2 aromatic rings. The Balaban J connectivity index is 2.36. The zero-order valence-electron chi connectivity index (χ0n) is 16.7. The van der Waals surface area contributed by atoms with Crippen LogP contribution in [0.25, 0.3) is 10.9 Å². The topological polar surface area (TPSA) is 70.4 Å². The van der Waals surface area contributed by atoms with Crippen molar-refractivity contribution < 1.29 is 18.8 Å². The van der Waals surface area contributed by atoms with Crippen molar-refractivity contribution in [3.63, 3.8) is 0 Å². The van der Waals surface area contributed by atoms with Crippen molar-refractivity contribution in [2.75, 3.05) is 7.11 Å². The van der Waals surface area contributed by atoms with Crippen LogP contribution in [0.5, 0.6) is 0 Å². The Kier molecular flexibility index (Phi) is 5.72. The molecule has 0 amide bonds. The maximum Gasteiger partial charge on any atom is 0.327 e. The van der Waals surface area contributed by atoms with Crippen molar-refractivity contribution >= 4 is 31.0 Å². The Morgan fingerprint density at radius 1 is 1.23 bits per heavy atom. The molecular formula is C19H28N2O4Si. The zero-order chi connectivity index (χ0) is 19.7. The average molecular weight is 377 g/mol. The predicted octanol–water partition coefficient (Wildman–Crippen LogP) is 3.93. The van der Waals surface area contributed by atoms with E-state index in [1.54, 1.807) is 0 Å². The molecule has 0 spiro atoms. The number of aromatic nitrogens is 2. The highest BCUT2D eigenvalue weighted by Gasteiger charge is 2.37. The summed E-state index contributed by atoms with van der Waals surface area (Å²) in [5, 5.41) is 5.17. The average Bonchev–Trinajstić information content (AvgIpc) is 2.90. The van der Waals surface area contributed by atoms with E-state index in [2.05, 4.69) is 39.0 Å². The number of Topliss-reactive ketones (excluding diaryl/α,β-unsaturated/α-hetero) is 1. The molecule has 1 heterocycles. The standard InChI is InChI=1S/C19H28N2O4Si/c1-13(22)18-15-10-14(12-25-26(6,7)19(2,3)4)8-9-16(15)21(20-18)11-17(23)24-5/h8-10H,11-12H2,1-7H3. The lowest BCUT2D eigenvalue weighted by Gasteiger charge is -2.36. The van der Waals surface area contributed by atoms with Crippen LogP contribution in [0.2, 0.25) is 18.1 Å². The van der Waals surface area contributed by atoms with Gasteiger partial charge in [-0.05, 0) is 35.8 Å². The number of esters is 1. The first kappa shape index (κ1) is 20.3. The maximum absolute atomic E-state index is 12.0. The number of carbonyl (C=O) groups excluding carboxylic acids is 2. The molecule has 0 unspecified atom stereocenters. The summed E-state index contributed by atoms with van der Waals surface area (Å²) in [4.78, 5) is 23.6. The fraction of sp³-hybridized carbons (Fsp3) is 0.526. The van der Waals surface area contributed by atoms with Gasteiger partial charge in [-0.25, -0.2) is 0 Å². The maximum atomic E-state index is 12.0. The van der Waals surface area contributed by atoms with Crippen molar-refractivity contribution in [1.82, 2.24) is 9.78 Å². The molecule has 0 bridgehead atoms. The summed E-state index contributed by atoms with van der Waals surface area (Å²) in [7, 11) is -0.531. The summed E-state index contributed by atoms with van der Waals surface area (Å²) in [6, 6.07) is 5.76. The highest BCUT2D eigenvalue weighted by Crippen LogP contribution is 2.37. The first-order valence-electron chi connectivity index (χ1n) is 8.67. The summed E-state index contributed by atoms with van der Waals surface area (Å²) in [6.07, 6.45) is 0. The molecule has 1 aromatic heterocycles. The van der Waals surface area contributed by atoms with Crippen LogP contribution in [0.4, 0.5) is 0 Å². The third kappa shape index (κ3) is 4.21. The predicted molar refractivity (Wildman–Crippen MR) is 104 cm³/mol. The van der Waals surface area contributed by atoms with Crippen molar-refractivity contribution in [3.8, 4) is 0 Å². The van der Waals surface area contributed by atoms with Gasteiger partial charge in [0.25, 0.3) is 0 Å². The van der Waals surface area contributed by atoms with E-state index in [1.807, 2.05) is 18.2 Å². The Morgan fingerprint density at radius 2 is 1.88 bits per heavy atom. The molecule has 2 rings (SSSR count). The van der Waals surface area contributed by atoms with E-state index in [1.165, 1.54) is 18.7 Å². The molecule has 0 aliphatic rings. The van der Waals surface area contributed by atoms with Crippen LogP contribution in [0.3, 0.4) is 0 Å². The van der Waals surface area contributed by atoms with Crippen LogP contribution in [-0.4, -0.2) is 37.0 Å². The molecule has 0 saturated carbocycles. The van der Waals surface area contributed by atoms with E-state index in [-0.39, 0.29) is 17.4 Å². The summed E-state index contributed by atoms with van der Waals surface area (Å²) in [5.74, 6) is -0.545. The van der Waals surface area contributed by atoms with Gasteiger partial charge in [0, 0.05) is 12.3 Å². The Labute approximate surface area is 155 Å². The van der Waals surface area contributed by atoms with Gasteiger partial charge in [-0.2, -0.15) is 5.10 Å². The number of rotatable bonds is 6. The number of fused-ring (bicyclic) bond motifs is 1. The van der Waals surface area contributed by atoms with Crippen LogP contribution in [0.1, 0.15) is 43.7 Å². The summed E-state index contributed by atoms with van der Waals surface area (Å²) in [5.41, 5.74) is 2.08. The fourth-order valence-corrected chi connectivity index (χ4v) is 3.32.